The van der Waals surface area contributed by atoms with Crippen LogP contribution in [-0.4, -0.2) is 31.6 Å². The third-order valence-electron chi connectivity index (χ3n) is 4.31. The highest BCUT2D eigenvalue weighted by molar-refractivity contribution is 5.80. The number of carbonyl (C=O) groups excluding carboxylic acids is 1. The average Bonchev–Trinajstić information content (AvgIpc) is 2.62. The molecule has 0 N–H and O–H groups in total. The first-order valence-electron chi connectivity index (χ1n) is 8.26. The van der Waals surface area contributed by atoms with E-state index in [1.165, 1.54) is 12.1 Å². The quantitative estimate of drug-likeness (QED) is 0.761. The number of nitrogens with zero attached hydrogens (tertiary/aromatic N) is 1. The van der Waals surface area contributed by atoms with Gasteiger partial charge in [0.1, 0.15) is 17.3 Å². The van der Waals surface area contributed by atoms with Crippen molar-refractivity contribution in [3.8, 4) is 11.5 Å². The Kier molecular flexibility index (Phi) is 6.39. The van der Waals surface area contributed by atoms with Crippen molar-refractivity contribution in [2.45, 2.75) is 26.3 Å². The van der Waals surface area contributed by atoms with Crippen LogP contribution in [0.1, 0.15) is 31.0 Å². The molecule has 4 nitrogen and oxygen atoms in total. The first-order valence-corrected chi connectivity index (χ1v) is 8.26. The fourth-order valence-corrected chi connectivity index (χ4v) is 2.87. The fourth-order valence-electron chi connectivity index (χ4n) is 2.87. The zero-order valence-corrected chi connectivity index (χ0v) is 15.1. The molecule has 0 spiro atoms. The molecule has 0 radical (unpaired) electrons. The van der Waals surface area contributed by atoms with Gasteiger partial charge in [-0.3, -0.25) is 4.79 Å². The van der Waals surface area contributed by atoms with Crippen LogP contribution >= 0.6 is 0 Å². The highest BCUT2D eigenvalue weighted by atomic mass is 19.1. The minimum atomic E-state index is -0.286. The maximum atomic E-state index is 13.1. The van der Waals surface area contributed by atoms with Gasteiger partial charge in [0.25, 0.3) is 0 Å². The molecule has 0 aromatic heterocycles. The molecule has 0 saturated heterocycles. The smallest absolute Gasteiger partial charge is 0.227 e. The van der Waals surface area contributed by atoms with E-state index in [1.807, 2.05) is 19.9 Å². The van der Waals surface area contributed by atoms with E-state index in [-0.39, 0.29) is 24.2 Å². The first kappa shape index (κ1) is 18.8. The van der Waals surface area contributed by atoms with Crippen LogP contribution in [0.4, 0.5) is 4.39 Å². The van der Waals surface area contributed by atoms with Crippen molar-refractivity contribution in [3.05, 3.63) is 59.4 Å². The predicted molar refractivity (Wildman–Crippen MR) is 95.5 cm³/mol. The Bertz CT molecular complexity index is 715. The molecule has 134 valence electrons. The van der Waals surface area contributed by atoms with Crippen LogP contribution in [0.2, 0.25) is 0 Å². The second-order valence-electron chi connectivity index (χ2n) is 5.76. The third kappa shape index (κ3) is 4.50. The van der Waals surface area contributed by atoms with Crippen LogP contribution < -0.4 is 9.47 Å². The molecule has 2 rings (SSSR count). The molecule has 1 amide bonds. The normalized spacial score (nSPS) is 11.7. The van der Waals surface area contributed by atoms with Crippen LogP contribution in [0.15, 0.2) is 42.5 Å². The number of halogens is 1. The molecule has 0 aliphatic heterocycles. The van der Waals surface area contributed by atoms with Crippen molar-refractivity contribution < 1.29 is 18.7 Å². The van der Waals surface area contributed by atoms with Crippen molar-refractivity contribution in [1.82, 2.24) is 4.90 Å². The number of rotatable bonds is 7. The summed E-state index contributed by atoms with van der Waals surface area (Å²) in [6, 6.07) is 11.5. The Labute approximate surface area is 148 Å². The molecule has 2 aromatic rings. The lowest BCUT2D eigenvalue weighted by molar-refractivity contribution is -0.132. The Morgan fingerprint density at radius 3 is 2.36 bits per heavy atom. The molecule has 0 aliphatic rings. The molecule has 25 heavy (non-hydrogen) atoms. The Balaban J connectivity index is 2.21. The van der Waals surface area contributed by atoms with E-state index >= 15 is 0 Å². The molecule has 2 aromatic carbocycles. The van der Waals surface area contributed by atoms with Crippen molar-refractivity contribution in [2.24, 2.45) is 0 Å². The summed E-state index contributed by atoms with van der Waals surface area (Å²) in [4.78, 5) is 14.6. The molecule has 0 aliphatic carbocycles. The van der Waals surface area contributed by atoms with E-state index in [0.29, 0.717) is 18.0 Å². The molecule has 0 fully saturated rings. The molecule has 1 atom stereocenters. The maximum absolute atomic E-state index is 13.1. The van der Waals surface area contributed by atoms with E-state index in [0.717, 1.165) is 11.1 Å². The van der Waals surface area contributed by atoms with Crippen molar-refractivity contribution in [1.29, 1.82) is 0 Å². The van der Waals surface area contributed by atoms with E-state index in [9.17, 15) is 9.18 Å². The number of methoxy groups -OCH3 is 2. The van der Waals surface area contributed by atoms with Gasteiger partial charge >= 0.3 is 0 Å². The summed E-state index contributed by atoms with van der Waals surface area (Å²) in [7, 11) is 3.16. The number of hydrogen-bond donors (Lipinski definition) is 0. The third-order valence-corrected chi connectivity index (χ3v) is 4.31. The van der Waals surface area contributed by atoms with Gasteiger partial charge in [0.2, 0.25) is 5.91 Å². The van der Waals surface area contributed by atoms with Crippen LogP contribution in [0.25, 0.3) is 0 Å². The fraction of sp³-hybridized carbons (Fsp3) is 0.350. The minimum absolute atomic E-state index is 0.0223. The number of likely N-dealkylation sites (N-methyl/N-ethyl adjacent to an activating group) is 1. The molecule has 0 heterocycles. The summed E-state index contributed by atoms with van der Waals surface area (Å²) >= 11 is 0. The van der Waals surface area contributed by atoms with Gasteiger partial charge in [0.15, 0.2) is 0 Å². The van der Waals surface area contributed by atoms with E-state index in [2.05, 4.69) is 0 Å². The lowest BCUT2D eigenvalue weighted by Crippen LogP contribution is -2.34. The zero-order valence-electron chi connectivity index (χ0n) is 15.1. The van der Waals surface area contributed by atoms with Crippen molar-refractivity contribution >= 4 is 5.91 Å². The minimum Gasteiger partial charge on any atom is -0.497 e. The number of ether oxygens (including phenoxy) is 2. The first-order chi connectivity index (χ1) is 12.0. The molecular formula is C20H24FNO3. The van der Waals surface area contributed by atoms with E-state index in [4.69, 9.17) is 9.47 Å². The molecule has 5 heteroatoms. The summed E-state index contributed by atoms with van der Waals surface area (Å²) in [6.07, 6.45) is 0.208. The number of amides is 1. The van der Waals surface area contributed by atoms with Gasteiger partial charge in [-0.2, -0.15) is 0 Å². The Morgan fingerprint density at radius 1 is 1.12 bits per heavy atom. The number of hydrogen-bond acceptors (Lipinski definition) is 3. The van der Waals surface area contributed by atoms with Gasteiger partial charge in [0, 0.05) is 12.1 Å². The number of carbonyl (C=O) groups is 1. The summed E-state index contributed by atoms with van der Waals surface area (Å²) < 4.78 is 23.7. The highest BCUT2D eigenvalue weighted by Gasteiger charge is 2.21. The van der Waals surface area contributed by atoms with Crippen LogP contribution in [-0.2, 0) is 11.2 Å². The van der Waals surface area contributed by atoms with E-state index < -0.39 is 0 Å². The van der Waals surface area contributed by atoms with Crippen molar-refractivity contribution in [3.63, 3.8) is 0 Å². The van der Waals surface area contributed by atoms with Gasteiger partial charge in [-0.15, -0.1) is 0 Å². The largest absolute Gasteiger partial charge is 0.497 e. The second kappa shape index (κ2) is 8.51. The second-order valence-corrected chi connectivity index (χ2v) is 5.76. The van der Waals surface area contributed by atoms with Gasteiger partial charge in [-0.25, -0.2) is 4.39 Å². The van der Waals surface area contributed by atoms with Gasteiger partial charge in [-0.1, -0.05) is 12.1 Å². The molecule has 1 unspecified atom stereocenters. The average molecular weight is 345 g/mol. The van der Waals surface area contributed by atoms with Gasteiger partial charge in [0.05, 0.1) is 26.7 Å². The maximum Gasteiger partial charge on any atom is 0.227 e. The number of benzene rings is 2. The monoisotopic (exact) mass is 345 g/mol. The summed E-state index contributed by atoms with van der Waals surface area (Å²) in [6.45, 7) is 4.43. The van der Waals surface area contributed by atoms with Crippen LogP contribution in [0.3, 0.4) is 0 Å². The van der Waals surface area contributed by atoms with Crippen LogP contribution in [0.5, 0.6) is 11.5 Å². The molecule has 0 saturated carbocycles. The highest BCUT2D eigenvalue weighted by Crippen LogP contribution is 2.27. The summed E-state index contributed by atoms with van der Waals surface area (Å²) in [5.74, 6) is 1.02. The van der Waals surface area contributed by atoms with Gasteiger partial charge in [-0.05, 0) is 49.7 Å². The molecular weight excluding hydrogens is 321 g/mol. The Morgan fingerprint density at radius 2 is 1.80 bits per heavy atom. The van der Waals surface area contributed by atoms with Gasteiger partial charge < -0.3 is 14.4 Å². The van der Waals surface area contributed by atoms with Crippen LogP contribution in [0, 0.1) is 5.82 Å². The predicted octanol–water partition coefficient (Wildman–Crippen LogP) is 4.00. The summed E-state index contributed by atoms with van der Waals surface area (Å²) in [5, 5.41) is 0. The standard InChI is InChI=1S/C20H24FNO3/c1-5-22(14(2)15-6-8-17(21)9-7-15)20(23)13-16-12-18(24-3)10-11-19(16)25-4/h6-12,14H,5,13H2,1-4H3. The van der Waals surface area contributed by atoms with E-state index in [1.54, 1.807) is 43.4 Å². The zero-order chi connectivity index (χ0) is 18.4. The molecule has 0 bridgehead atoms. The summed E-state index contributed by atoms with van der Waals surface area (Å²) in [5.41, 5.74) is 1.67. The van der Waals surface area contributed by atoms with Crippen molar-refractivity contribution in [2.75, 3.05) is 20.8 Å². The SMILES string of the molecule is CCN(C(=O)Cc1cc(OC)ccc1OC)C(C)c1ccc(F)cc1. The Hall–Kier alpha value is -2.56. The lowest BCUT2D eigenvalue weighted by Gasteiger charge is -2.29. The topological polar surface area (TPSA) is 38.8 Å². The lowest BCUT2D eigenvalue weighted by atomic mass is 10.0.